The molecule has 0 bridgehead atoms. The summed E-state index contributed by atoms with van der Waals surface area (Å²) in [5.41, 5.74) is 6.96. The van der Waals surface area contributed by atoms with E-state index in [1.54, 1.807) is 6.07 Å². The molecule has 0 aromatic heterocycles. The first-order chi connectivity index (χ1) is 9.15. The maximum atomic E-state index is 14.1. The average molecular weight is 266 g/mol. The fourth-order valence-corrected chi connectivity index (χ4v) is 2.75. The van der Waals surface area contributed by atoms with Crippen molar-refractivity contribution < 1.29 is 9.13 Å². The number of benzene rings is 1. The van der Waals surface area contributed by atoms with E-state index in [-0.39, 0.29) is 23.9 Å². The minimum Gasteiger partial charge on any atom is -0.379 e. The number of rotatable bonds is 4. The Labute approximate surface area is 114 Å². The third-order valence-corrected chi connectivity index (χ3v) is 3.88. The molecule has 3 nitrogen and oxygen atoms in total. The Hall–Kier alpha value is -0.970. The van der Waals surface area contributed by atoms with E-state index in [0.717, 1.165) is 13.0 Å². The van der Waals surface area contributed by atoms with E-state index >= 15 is 0 Å². The Bertz CT molecular complexity index is 413. The zero-order chi connectivity index (χ0) is 13.8. The van der Waals surface area contributed by atoms with Gasteiger partial charge in [0.1, 0.15) is 5.82 Å². The zero-order valence-electron chi connectivity index (χ0n) is 11.7. The van der Waals surface area contributed by atoms with Crippen LogP contribution in [0.5, 0.6) is 0 Å². The molecule has 1 aromatic rings. The first-order valence-corrected chi connectivity index (χ1v) is 6.98. The van der Waals surface area contributed by atoms with Crippen molar-refractivity contribution >= 4 is 0 Å². The summed E-state index contributed by atoms with van der Waals surface area (Å²) >= 11 is 0. The first-order valence-electron chi connectivity index (χ1n) is 6.98. The summed E-state index contributed by atoms with van der Waals surface area (Å²) in [7, 11) is 0. The highest BCUT2D eigenvalue weighted by atomic mass is 19.1. The summed E-state index contributed by atoms with van der Waals surface area (Å²) in [4.78, 5) is 2.27. The second-order valence-corrected chi connectivity index (χ2v) is 5.20. The van der Waals surface area contributed by atoms with Crippen molar-refractivity contribution in [2.45, 2.75) is 38.4 Å². The Morgan fingerprint density at radius 3 is 2.84 bits per heavy atom. The van der Waals surface area contributed by atoms with Crippen LogP contribution in [0.2, 0.25) is 0 Å². The number of hydrogen-bond donors (Lipinski definition) is 1. The molecule has 3 unspecified atom stereocenters. The molecule has 2 rings (SSSR count). The highest BCUT2D eigenvalue weighted by Crippen LogP contribution is 2.30. The highest BCUT2D eigenvalue weighted by molar-refractivity contribution is 5.23. The molecule has 1 aliphatic rings. The zero-order valence-corrected chi connectivity index (χ0v) is 11.7. The maximum Gasteiger partial charge on any atom is 0.128 e. The molecule has 1 aliphatic heterocycles. The summed E-state index contributed by atoms with van der Waals surface area (Å²) in [6, 6.07) is 7.06. The number of hydrogen-bond acceptors (Lipinski definition) is 3. The second-order valence-electron chi connectivity index (χ2n) is 5.20. The van der Waals surface area contributed by atoms with Gasteiger partial charge in [-0.3, -0.25) is 4.90 Å². The van der Waals surface area contributed by atoms with Crippen molar-refractivity contribution in [1.29, 1.82) is 0 Å². The Morgan fingerprint density at radius 1 is 1.47 bits per heavy atom. The standard InChI is InChI=1S/C15H23FN2O/c1-3-14(17)15(12-6-4-5-7-13(12)16)18-8-9-19-10-11(18)2/h4-7,11,14-15H,3,8-10,17H2,1-2H3. The molecule has 1 aromatic carbocycles. The predicted octanol–water partition coefficient (Wildman–Crippen LogP) is 2.32. The lowest BCUT2D eigenvalue weighted by Gasteiger charge is -2.42. The van der Waals surface area contributed by atoms with Crippen molar-refractivity contribution in [2.24, 2.45) is 5.73 Å². The lowest BCUT2D eigenvalue weighted by Crippen LogP contribution is -2.51. The summed E-state index contributed by atoms with van der Waals surface area (Å²) in [5.74, 6) is -0.171. The largest absolute Gasteiger partial charge is 0.379 e. The molecular weight excluding hydrogens is 243 g/mol. The maximum absolute atomic E-state index is 14.1. The molecule has 1 heterocycles. The summed E-state index contributed by atoms with van der Waals surface area (Å²) in [6.07, 6.45) is 0.822. The van der Waals surface area contributed by atoms with Gasteiger partial charge in [0.25, 0.3) is 0 Å². The van der Waals surface area contributed by atoms with Gasteiger partial charge in [0.2, 0.25) is 0 Å². The van der Waals surface area contributed by atoms with E-state index in [1.807, 2.05) is 19.1 Å². The highest BCUT2D eigenvalue weighted by Gasteiger charge is 2.32. The van der Waals surface area contributed by atoms with E-state index in [4.69, 9.17) is 10.5 Å². The number of nitrogens with two attached hydrogens (primary N) is 1. The number of ether oxygens (including phenoxy) is 1. The fourth-order valence-electron chi connectivity index (χ4n) is 2.75. The van der Waals surface area contributed by atoms with E-state index in [1.165, 1.54) is 6.07 Å². The van der Waals surface area contributed by atoms with E-state index in [2.05, 4.69) is 11.8 Å². The minimum absolute atomic E-state index is 0.0718. The molecule has 1 saturated heterocycles. The quantitative estimate of drug-likeness (QED) is 0.909. The van der Waals surface area contributed by atoms with Crippen LogP contribution in [-0.2, 0) is 4.74 Å². The van der Waals surface area contributed by atoms with Crippen LogP contribution < -0.4 is 5.73 Å². The van der Waals surface area contributed by atoms with Crippen LogP contribution in [0.15, 0.2) is 24.3 Å². The van der Waals surface area contributed by atoms with Crippen LogP contribution in [0.1, 0.15) is 31.9 Å². The van der Waals surface area contributed by atoms with E-state index < -0.39 is 0 Å². The molecule has 2 N–H and O–H groups in total. The van der Waals surface area contributed by atoms with E-state index in [9.17, 15) is 4.39 Å². The number of nitrogens with zero attached hydrogens (tertiary/aromatic N) is 1. The van der Waals surface area contributed by atoms with Gasteiger partial charge in [0.15, 0.2) is 0 Å². The Kier molecular flexibility index (Phi) is 4.91. The molecule has 0 amide bonds. The SMILES string of the molecule is CCC(N)C(c1ccccc1F)N1CCOCC1C. The number of morpholine rings is 1. The molecule has 4 heteroatoms. The van der Waals surface area contributed by atoms with Crippen molar-refractivity contribution in [1.82, 2.24) is 4.90 Å². The van der Waals surface area contributed by atoms with Gasteiger partial charge in [-0.05, 0) is 19.4 Å². The van der Waals surface area contributed by atoms with Gasteiger partial charge < -0.3 is 10.5 Å². The molecular formula is C15H23FN2O. The van der Waals surface area contributed by atoms with Gasteiger partial charge in [-0.25, -0.2) is 4.39 Å². The van der Waals surface area contributed by atoms with Crippen molar-refractivity contribution in [3.8, 4) is 0 Å². The third-order valence-electron chi connectivity index (χ3n) is 3.88. The van der Waals surface area contributed by atoms with Crippen LogP contribution in [0.25, 0.3) is 0 Å². The minimum atomic E-state index is -0.171. The van der Waals surface area contributed by atoms with Crippen molar-refractivity contribution in [3.05, 3.63) is 35.6 Å². The van der Waals surface area contributed by atoms with Crippen LogP contribution >= 0.6 is 0 Å². The molecule has 0 saturated carbocycles. The molecule has 0 spiro atoms. The fraction of sp³-hybridized carbons (Fsp3) is 0.600. The topological polar surface area (TPSA) is 38.5 Å². The van der Waals surface area contributed by atoms with E-state index in [0.29, 0.717) is 18.8 Å². The second kappa shape index (κ2) is 6.46. The van der Waals surface area contributed by atoms with Gasteiger partial charge in [0.05, 0.1) is 19.3 Å². The Morgan fingerprint density at radius 2 is 2.21 bits per heavy atom. The third kappa shape index (κ3) is 3.14. The van der Waals surface area contributed by atoms with Crippen LogP contribution in [0.4, 0.5) is 4.39 Å². The molecule has 0 radical (unpaired) electrons. The lowest BCUT2D eigenvalue weighted by atomic mass is 9.94. The number of halogens is 1. The molecule has 106 valence electrons. The summed E-state index contributed by atoms with van der Waals surface area (Å²) < 4.78 is 19.6. The molecule has 3 atom stereocenters. The first kappa shape index (κ1) is 14.4. The van der Waals surface area contributed by atoms with Gasteiger partial charge in [0, 0.05) is 24.2 Å². The van der Waals surface area contributed by atoms with Gasteiger partial charge in [-0.1, -0.05) is 25.1 Å². The molecule has 1 fully saturated rings. The molecule has 0 aliphatic carbocycles. The Balaban J connectivity index is 2.33. The van der Waals surface area contributed by atoms with Gasteiger partial charge in [-0.2, -0.15) is 0 Å². The van der Waals surface area contributed by atoms with Gasteiger partial charge in [-0.15, -0.1) is 0 Å². The van der Waals surface area contributed by atoms with Crippen LogP contribution in [0, 0.1) is 5.82 Å². The smallest absolute Gasteiger partial charge is 0.128 e. The van der Waals surface area contributed by atoms with Crippen molar-refractivity contribution in [2.75, 3.05) is 19.8 Å². The van der Waals surface area contributed by atoms with Gasteiger partial charge >= 0.3 is 0 Å². The predicted molar refractivity (Wildman–Crippen MR) is 74.4 cm³/mol. The summed E-state index contributed by atoms with van der Waals surface area (Å²) in [5, 5.41) is 0. The normalized spacial score (nSPS) is 24.1. The molecule has 19 heavy (non-hydrogen) atoms. The van der Waals surface area contributed by atoms with Crippen LogP contribution in [-0.4, -0.2) is 36.7 Å². The monoisotopic (exact) mass is 266 g/mol. The summed E-state index contributed by atoms with van der Waals surface area (Å²) in [6.45, 7) is 6.32. The average Bonchev–Trinajstić information content (AvgIpc) is 2.43. The van der Waals surface area contributed by atoms with Crippen LogP contribution in [0.3, 0.4) is 0 Å². The van der Waals surface area contributed by atoms with Crippen molar-refractivity contribution in [3.63, 3.8) is 0 Å². The lowest BCUT2D eigenvalue weighted by molar-refractivity contribution is -0.0289.